The first-order chi connectivity index (χ1) is 8.58. The molecule has 0 radical (unpaired) electrons. The van der Waals surface area contributed by atoms with E-state index in [9.17, 15) is 4.79 Å². The number of halogens is 2. The summed E-state index contributed by atoms with van der Waals surface area (Å²) in [5.74, 6) is -0.427. The molecule has 0 aliphatic heterocycles. The van der Waals surface area contributed by atoms with Crippen molar-refractivity contribution >= 4 is 50.5 Å². The minimum absolute atomic E-state index is 0.427. The Morgan fingerprint density at radius 1 is 1.33 bits per heavy atom. The number of thiophene rings is 1. The molecule has 3 nitrogen and oxygen atoms in total. The number of nitrogens with one attached hydrogen (secondary N) is 1. The Hall–Kier alpha value is -1.04. The standard InChI is InChI=1S/C12H10BrClN2OS/c13-10-6-18-5-9(10)11(12(15)17)16-8-3-1-7(14)2-4-8/h1-6,11,16H,(H2,15,17). The Morgan fingerprint density at radius 3 is 2.50 bits per heavy atom. The summed E-state index contributed by atoms with van der Waals surface area (Å²) in [5.41, 5.74) is 7.06. The number of amides is 1. The maximum Gasteiger partial charge on any atom is 0.244 e. The van der Waals surface area contributed by atoms with Crippen LogP contribution in [0, 0.1) is 0 Å². The molecule has 1 atom stereocenters. The number of carbonyl (C=O) groups excluding carboxylic acids is 1. The molecule has 3 N–H and O–H groups in total. The van der Waals surface area contributed by atoms with Gasteiger partial charge in [-0.1, -0.05) is 11.6 Å². The van der Waals surface area contributed by atoms with Crippen molar-refractivity contribution in [3.8, 4) is 0 Å². The van der Waals surface area contributed by atoms with Crippen LogP contribution in [0.25, 0.3) is 0 Å². The number of hydrogen-bond donors (Lipinski definition) is 2. The number of hydrogen-bond acceptors (Lipinski definition) is 3. The molecule has 6 heteroatoms. The summed E-state index contributed by atoms with van der Waals surface area (Å²) in [6, 6.07) is 6.55. The van der Waals surface area contributed by atoms with E-state index in [-0.39, 0.29) is 0 Å². The van der Waals surface area contributed by atoms with Gasteiger partial charge >= 0.3 is 0 Å². The highest BCUT2D eigenvalue weighted by atomic mass is 79.9. The third-order valence-electron chi connectivity index (χ3n) is 2.39. The zero-order valence-corrected chi connectivity index (χ0v) is 12.3. The summed E-state index contributed by atoms with van der Waals surface area (Å²) in [6.45, 7) is 0. The van der Waals surface area contributed by atoms with Gasteiger partial charge in [-0.15, -0.1) is 0 Å². The largest absolute Gasteiger partial charge is 0.370 e. The molecular formula is C12H10BrClN2OS. The minimum atomic E-state index is -0.563. The van der Waals surface area contributed by atoms with Crippen LogP contribution < -0.4 is 11.1 Å². The third-order valence-corrected chi connectivity index (χ3v) is 4.40. The zero-order valence-electron chi connectivity index (χ0n) is 9.19. The lowest BCUT2D eigenvalue weighted by molar-refractivity contribution is -0.118. The first-order valence-electron chi connectivity index (χ1n) is 5.11. The van der Waals surface area contributed by atoms with Gasteiger partial charge in [-0.25, -0.2) is 0 Å². The van der Waals surface area contributed by atoms with E-state index in [1.807, 2.05) is 10.8 Å². The van der Waals surface area contributed by atoms with Gasteiger partial charge < -0.3 is 11.1 Å². The van der Waals surface area contributed by atoms with Crippen molar-refractivity contribution in [2.45, 2.75) is 6.04 Å². The summed E-state index contributed by atoms with van der Waals surface area (Å²) in [4.78, 5) is 11.5. The van der Waals surface area contributed by atoms with Gasteiger partial charge in [-0.3, -0.25) is 4.79 Å². The van der Waals surface area contributed by atoms with Crippen LogP contribution in [0.1, 0.15) is 11.6 Å². The predicted octanol–water partition coefficient (Wildman–Crippen LogP) is 3.80. The Labute approximate surface area is 122 Å². The molecule has 0 bridgehead atoms. The topological polar surface area (TPSA) is 55.1 Å². The molecule has 0 spiro atoms. The van der Waals surface area contributed by atoms with Crippen LogP contribution >= 0.6 is 38.9 Å². The van der Waals surface area contributed by atoms with Crippen LogP contribution in [0.2, 0.25) is 5.02 Å². The number of primary amides is 1. The van der Waals surface area contributed by atoms with E-state index in [0.717, 1.165) is 15.7 Å². The van der Waals surface area contributed by atoms with Crippen LogP contribution in [-0.2, 0) is 4.79 Å². The third kappa shape index (κ3) is 3.04. The molecular weight excluding hydrogens is 336 g/mol. The van der Waals surface area contributed by atoms with Gasteiger partial charge in [0.2, 0.25) is 5.91 Å². The minimum Gasteiger partial charge on any atom is -0.370 e. The molecule has 0 saturated carbocycles. The summed E-state index contributed by atoms with van der Waals surface area (Å²) >= 11 is 10.7. The molecule has 1 amide bonds. The molecule has 2 aromatic rings. The molecule has 1 aromatic carbocycles. The molecule has 1 heterocycles. The predicted molar refractivity (Wildman–Crippen MR) is 79.0 cm³/mol. The van der Waals surface area contributed by atoms with Crippen LogP contribution in [-0.4, -0.2) is 5.91 Å². The number of nitrogens with two attached hydrogens (primary N) is 1. The molecule has 0 aliphatic carbocycles. The molecule has 18 heavy (non-hydrogen) atoms. The average Bonchev–Trinajstić information content (AvgIpc) is 2.74. The van der Waals surface area contributed by atoms with Crippen molar-refractivity contribution in [3.05, 3.63) is 50.1 Å². The van der Waals surface area contributed by atoms with Crippen molar-refractivity contribution in [2.75, 3.05) is 5.32 Å². The van der Waals surface area contributed by atoms with Crippen molar-refractivity contribution in [2.24, 2.45) is 5.73 Å². The summed E-state index contributed by atoms with van der Waals surface area (Å²) in [5, 5.41) is 7.54. The molecule has 1 unspecified atom stereocenters. The quantitative estimate of drug-likeness (QED) is 0.885. The van der Waals surface area contributed by atoms with Crippen LogP contribution in [0.3, 0.4) is 0 Å². The van der Waals surface area contributed by atoms with Gasteiger partial charge in [-0.05, 0) is 45.6 Å². The first-order valence-corrected chi connectivity index (χ1v) is 7.22. The molecule has 0 saturated heterocycles. The van der Waals surface area contributed by atoms with E-state index in [0.29, 0.717) is 5.02 Å². The summed E-state index contributed by atoms with van der Waals surface area (Å²) < 4.78 is 0.873. The van der Waals surface area contributed by atoms with Gasteiger partial charge in [-0.2, -0.15) is 11.3 Å². The molecule has 2 rings (SSSR count). The second kappa shape index (κ2) is 5.73. The van der Waals surface area contributed by atoms with Crippen molar-refractivity contribution in [1.29, 1.82) is 0 Å². The Balaban J connectivity index is 2.25. The number of benzene rings is 1. The zero-order chi connectivity index (χ0) is 13.1. The smallest absolute Gasteiger partial charge is 0.244 e. The molecule has 0 fully saturated rings. The van der Waals surface area contributed by atoms with Crippen LogP contribution in [0.4, 0.5) is 5.69 Å². The highest BCUT2D eigenvalue weighted by molar-refractivity contribution is 9.10. The van der Waals surface area contributed by atoms with Gasteiger partial charge in [0.1, 0.15) is 6.04 Å². The SMILES string of the molecule is NC(=O)C(Nc1ccc(Cl)cc1)c1cscc1Br. The number of anilines is 1. The van der Waals surface area contributed by atoms with E-state index < -0.39 is 11.9 Å². The second-order valence-corrected chi connectivity index (χ2v) is 5.70. The molecule has 94 valence electrons. The monoisotopic (exact) mass is 344 g/mol. The Bertz CT molecular complexity index is 555. The fourth-order valence-corrected chi connectivity index (χ4v) is 3.19. The van der Waals surface area contributed by atoms with E-state index in [4.69, 9.17) is 17.3 Å². The van der Waals surface area contributed by atoms with E-state index in [1.54, 1.807) is 24.3 Å². The number of carbonyl (C=O) groups is 1. The fourth-order valence-electron chi connectivity index (χ4n) is 1.51. The highest BCUT2D eigenvalue weighted by Crippen LogP contribution is 2.30. The van der Waals surface area contributed by atoms with Gasteiger partial charge in [0.05, 0.1) is 0 Å². The first kappa shape index (κ1) is 13.4. The van der Waals surface area contributed by atoms with Gasteiger partial charge in [0.15, 0.2) is 0 Å². The van der Waals surface area contributed by atoms with E-state index >= 15 is 0 Å². The van der Waals surface area contributed by atoms with Crippen molar-refractivity contribution < 1.29 is 4.79 Å². The van der Waals surface area contributed by atoms with Gasteiger partial charge in [0, 0.05) is 26.1 Å². The van der Waals surface area contributed by atoms with Crippen LogP contribution in [0.5, 0.6) is 0 Å². The Kier molecular flexibility index (Phi) is 4.27. The van der Waals surface area contributed by atoms with E-state index in [2.05, 4.69) is 21.2 Å². The molecule has 1 aromatic heterocycles. The lowest BCUT2D eigenvalue weighted by atomic mass is 10.1. The average molecular weight is 346 g/mol. The summed E-state index contributed by atoms with van der Waals surface area (Å²) in [6.07, 6.45) is 0. The lowest BCUT2D eigenvalue weighted by Crippen LogP contribution is -2.27. The fraction of sp³-hybridized carbons (Fsp3) is 0.0833. The maximum atomic E-state index is 11.5. The lowest BCUT2D eigenvalue weighted by Gasteiger charge is -2.16. The van der Waals surface area contributed by atoms with Crippen LogP contribution in [0.15, 0.2) is 39.5 Å². The Morgan fingerprint density at radius 2 is 2.00 bits per heavy atom. The molecule has 0 aliphatic rings. The number of rotatable bonds is 4. The van der Waals surface area contributed by atoms with E-state index in [1.165, 1.54) is 11.3 Å². The normalized spacial score (nSPS) is 12.1. The van der Waals surface area contributed by atoms with Crippen molar-refractivity contribution in [3.63, 3.8) is 0 Å². The second-order valence-electron chi connectivity index (χ2n) is 3.66. The highest BCUT2D eigenvalue weighted by Gasteiger charge is 2.20. The summed E-state index contributed by atoms with van der Waals surface area (Å²) in [7, 11) is 0. The van der Waals surface area contributed by atoms with Gasteiger partial charge in [0.25, 0.3) is 0 Å². The van der Waals surface area contributed by atoms with Crippen molar-refractivity contribution in [1.82, 2.24) is 0 Å². The maximum absolute atomic E-state index is 11.5.